The first kappa shape index (κ1) is 14.5. The SMILES string of the molecule is CCCc1nc(C2CN(C3CC(C)OC3=O)CCO2)n[nH]1. The third kappa shape index (κ3) is 3.08. The molecule has 2 aliphatic rings. The van der Waals surface area contributed by atoms with E-state index in [0.717, 1.165) is 31.6 Å². The standard InChI is InChI=1S/C14H22N4O3/c1-3-4-12-15-13(17-16-12)11-8-18(5-6-20-11)10-7-9(2)21-14(10)19/h9-11H,3-8H2,1-2H3,(H,15,16,17). The van der Waals surface area contributed by atoms with Gasteiger partial charge >= 0.3 is 5.97 Å². The van der Waals surface area contributed by atoms with E-state index in [2.05, 4.69) is 27.0 Å². The molecule has 3 rings (SSSR count). The van der Waals surface area contributed by atoms with Crippen LogP contribution in [0.3, 0.4) is 0 Å². The van der Waals surface area contributed by atoms with E-state index in [-0.39, 0.29) is 24.2 Å². The van der Waals surface area contributed by atoms with Gasteiger partial charge in [-0.2, -0.15) is 5.10 Å². The Bertz CT molecular complexity index is 504. The lowest BCUT2D eigenvalue weighted by molar-refractivity contribution is -0.147. The molecule has 0 aliphatic carbocycles. The highest BCUT2D eigenvalue weighted by molar-refractivity contribution is 5.78. The molecule has 2 aliphatic heterocycles. The molecule has 0 amide bonds. The lowest BCUT2D eigenvalue weighted by Crippen LogP contribution is -2.46. The fourth-order valence-corrected chi connectivity index (χ4v) is 2.94. The molecular weight excluding hydrogens is 272 g/mol. The van der Waals surface area contributed by atoms with E-state index in [9.17, 15) is 4.79 Å². The number of morpholine rings is 1. The highest BCUT2D eigenvalue weighted by Gasteiger charge is 2.39. The third-order valence-electron chi connectivity index (χ3n) is 4.01. The predicted molar refractivity (Wildman–Crippen MR) is 74.6 cm³/mol. The molecule has 3 atom stereocenters. The fourth-order valence-electron chi connectivity index (χ4n) is 2.94. The molecule has 21 heavy (non-hydrogen) atoms. The van der Waals surface area contributed by atoms with Gasteiger partial charge in [0.2, 0.25) is 0 Å². The van der Waals surface area contributed by atoms with E-state index in [1.54, 1.807) is 0 Å². The van der Waals surface area contributed by atoms with Gasteiger partial charge in [-0.15, -0.1) is 0 Å². The Morgan fingerprint density at radius 1 is 1.48 bits per heavy atom. The Morgan fingerprint density at radius 3 is 3.05 bits per heavy atom. The zero-order valence-electron chi connectivity index (χ0n) is 12.5. The smallest absolute Gasteiger partial charge is 0.323 e. The summed E-state index contributed by atoms with van der Waals surface area (Å²) in [5, 5.41) is 7.20. The van der Waals surface area contributed by atoms with Gasteiger partial charge in [0.1, 0.15) is 24.1 Å². The molecule has 0 aromatic carbocycles. The number of carbonyl (C=O) groups is 1. The number of esters is 1. The summed E-state index contributed by atoms with van der Waals surface area (Å²) in [5.41, 5.74) is 0. The maximum atomic E-state index is 11.9. The number of ether oxygens (including phenoxy) is 2. The molecule has 1 N–H and O–H groups in total. The van der Waals surface area contributed by atoms with Crippen LogP contribution in [0.25, 0.3) is 0 Å². The normalized spacial score (nSPS) is 30.6. The van der Waals surface area contributed by atoms with Crippen LogP contribution in [0.2, 0.25) is 0 Å². The van der Waals surface area contributed by atoms with E-state index in [1.807, 2.05) is 6.92 Å². The Morgan fingerprint density at radius 2 is 2.33 bits per heavy atom. The van der Waals surface area contributed by atoms with E-state index >= 15 is 0 Å². The van der Waals surface area contributed by atoms with Gasteiger partial charge in [0.15, 0.2) is 5.82 Å². The van der Waals surface area contributed by atoms with Gasteiger partial charge in [0, 0.05) is 25.9 Å². The largest absolute Gasteiger partial charge is 0.461 e. The maximum absolute atomic E-state index is 11.9. The number of hydrogen-bond acceptors (Lipinski definition) is 6. The minimum absolute atomic E-state index is 0.00320. The molecule has 116 valence electrons. The molecule has 0 bridgehead atoms. The minimum Gasteiger partial charge on any atom is -0.461 e. The Labute approximate surface area is 124 Å². The van der Waals surface area contributed by atoms with Crippen molar-refractivity contribution in [2.75, 3.05) is 19.7 Å². The number of carbonyl (C=O) groups excluding carboxylic acids is 1. The van der Waals surface area contributed by atoms with Crippen molar-refractivity contribution in [1.82, 2.24) is 20.1 Å². The van der Waals surface area contributed by atoms with Crippen molar-refractivity contribution < 1.29 is 14.3 Å². The summed E-state index contributed by atoms with van der Waals surface area (Å²) in [6.45, 7) is 6.00. The van der Waals surface area contributed by atoms with Crippen LogP contribution < -0.4 is 0 Å². The molecule has 2 fully saturated rings. The van der Waals surface area contributed by atoms with Crippen molar-refractivity contribution in [2.45, 2.75) is 51.4 Å². The molecule has 0 radical (unpaired) electrons. The van der Waals surface area contributed by atoms with Crippen molar-refractivity contribution in [1.29, 1.82) is 0 Å². The molecule has 3 heterocycles. The third-order valence-corrected chi connectivity index (χ3v) is 4.01. The number of aromatic nitrogens is 3. The van der Waals surface area contributed by atoms with Gasteiger partial charge in [-0.25, -0.2) is 4.98 Å². The number of aryl methyl sites for hydroxylation is 1. The molecule has 3 unspecified atom stereocenters. The first-order valence-corrected chi connectivity index (χ1v) is 7.64. The molecule has 7 heteroatoms. The van der Waals surface area contributed by atoms with Gasteiger partial charge in [-0.1, -0.05) is 6.92 Å². The van der Waals surface area contributed by atoms with Crippen LogP contribution in [0, 0.1) is 0 Å². The number of rotatable bonds is 4. The fraction of sp³-hybridized carbons (Fsp3) is 0.786. The summed E-state index contributed by atoms with van der Waals surface area (Å²) < 4.78 is 11.0. The van der Waals surface area contributed by atoms with Crippen molar-refractivity contribution in [3.63, 3.8) is 0 Å². The van der Waals surface area contributed by atoms with Crippen molar-refractivity contribution >= 4 is 5.97 Å². The Balaban J connectivity index is 1.66. The minimum atomic E-state index is -0.177. The molecule has 0 saturated carbocycles. The van der Waals surface area contributed by atoms with Crippen LogP contribution in [0.1, 0.15) is 44.4 Å². The van der Waals surface area contributed by atoms with Gasteiger partial charge in [-0.05, 0) is 13.3 Å². The molecular formula is C14H22N4O3. The highest BCUT2D eigenvalue weighted by atomic mass is 16.6. The lowest BCUT2D eigenvalue weighted by Gasteiger charge is -2.33. The number of nitrogens with one attached hydrogen (secondary N) is 1. The van der Waals surface area contributed by atoms with Crippen molar-refractivity contribution in [3.8, 4) is 0 Å². The zero-order chi connectivity index (χ0) is 14.8. The van der Waals surface area contributed by atoms with Gasteiger partial charge in [-0.3, -0.25) is 14.8 Å². The lowest BCUT2D eigenvalue weighted by atomic mass is 10.1. The van der Waals surface area contributed by atoms with Gasteiger partial charge < -0.3 is 9.47 Å². The Kier molecular flexibility index (Phi) is 4.21. The van der Waals surface area contributed by atoms with Crippen LogP contribution in [0.15, 0.2) is 0 Å². The topological polar surface area (TPSA) is 80.3 Å². The van der Waals surface area contributed by atoms with E-state index < -0.39 is 0 Å². The molecule has 1 aromatic heterocycles. The summed E-state index contributed by atoms with van der Waals surface area (Å²) in [5.74, 6) is 1.45. The van der Waals surface area contributed by atoms with Crippen LogP contribution >= 0.6 is 0 Å². The number of cyclic esters (lactones) is 1. The quantitative estimate of drug-likeness (QED) is 0.829. The predicted octanol–water partition coefficient (Wildman–Crippen LogP) is 0.834. The van der Waals surface area contributed by atoms with Crippen LogP contribution in [-0.2, 0) is 20.7 Å². The summed E-state index contributed by atoms with van der Waals surface area (Å²) >= 11 is 0. The monoisotopic (exact) mass is 294 g/mol. The van der Waals surface area contributed by atoms with Crippen molar-refractivity contribution in [2.24, 2.45) is 0 Å². The van der Waals surface area contributed by atoms with Crippen LogP contribution in [-0.4, -0.2) is 57.9 Å². The first-order chi connectivity index (χ1) is 10.2. The van der Waals surface area contributed by atoms with Crippen molar-refractivity contribution in [3.05, 3.63) is 11.6 Å². The summed E-state index contributed by atoms with van der Waals surface area (Å²) in [7, 11) is 0. The van der Waals surface area contributed by atoms with E-state index in [4.69, 9.17) is 9.47 Å². The van der Waals surface area contributed by atoms with Gasteiger partial charge in [0.05, 0.1) is 6.61 Å². The summed E-state index contributed by atoms with van der Waals surface area (Å²) in [4.78, 5) is 18.5. The van der Waals surface area contributed by atoms with Crippen LogP contribution in [0.5, 0.6) is 0 Å². The molecule has 2 saturated heterocycles. The Hall–Kier alpha value is -1.47. The average molecular weight is 294 g/mol. The highest BCUT2D eigenvalue weighted by Crippen LogP contribution is 2.26. The first-order valence-electron chi connectivity index (χ1n) is 7.64. The second kappa shape index (κ2) is 6.11. The average Bonchev–Trinajstić information content (AvgIpc) is 3.06. The zero-order valence-corrected chi connectivity index (χ0v) is 12.5. The molecule has 1 aromatic rings. The van der Waals surface area contributed by atoms with E-state index in [0.29, 0.717) is 19.0 Å². The summed E-state index contributed by atoms with van der Waals surface area (Å²) in [6.07, 6.45) is 2.49. The molecule has 7 nitrogen and oxygen atoms in total. The van der Waals surface area contributed by atoms with Gasteiger partial charge in [0.25, 0.3) is 0 Å². The summed E-state index contributed by atoms with van der Waals surface area (Å²) in [6, 6.07) is -0.152. The number of H-pyrrole nitrogens is 1. The maximum Gasteiger partial charge on any atom is 0.323 e. The number of hydrogen-bond donors (Lipinski definition) is 1. The number of nitrogens with zero attached hydrogens (tertiary/aromatic N) is 3. The second-order valence-electron chi connectivity index (χ2n) is 5.74. The van der Waals surface area contributed by atoms with Crippen LogP contribution in [0.4, 0.5) is 0 Å². The number of aromatic amines is 1. The molecule has 0 spiro atoms. The van der Waals surface area contributed by atoms with E-state index in [1.165, 1.54) is 0 Å². The second-order valence-corrected chi connectivity index (χ2v) is 5.74.